The number of benzene rings is 1. The van der Waals surface area contributed by atoms with Gasteiger partial charge in [-0.2, -0.15) is 9.78 Å². The largest absolute Gasteiger partial charge is 0.352 e. The molecule has 0 unspecified atom stereocenters. The zero-order valence-corrected chi connectivity index (χ0v) is 15.0. The Morgan fingerprint density at radius 2 is 1.96 bits per heavy atom. The molecule has 0 atom stereocenters. The molecule has 5 nitrogen and oxygen atoms in total. The minimum Gasteiger partial charge on any atom is -0.352 e. The Bertz CT molecular complexity index is 998. The lowest BCUT2D eigenvalue weighted by atomic mass is 10.2. The Kier molecular flexibility index (Phi) is 3.93. The van der Waals surface area contributed by atoms with Gasteiger partial charge in [0, 0.05) is 28.5 Å². The van der Waals surface area contributed by atoms with Crippen LogP contribution in [-0.2, 0) is 7.05 Å². The molecule has 0 aliphatic carbocycles. The van der Waals surface area contributed by atoms with E-state index in [4.69, 9.17) is 0 Å². The van der Waals surface area contributed by atoms with Crippen LogP contribution in [0.4, 0.5) is 0 Å². The van der Waals surface area contributed by atoms with Crippen LogP contribution < -0.4 is 5.56 Å². The molecule has 2 heterocycles. The van der Waals surface area contributed by atoms with E-state index in [1.165, 1.54) is 4.68 Å². The van der Waals surface area contributed by atoms with Crippen molar-refractivity contribution in [2.24, 2.45) is 12.1 Å². The molecule has 3 aromatic rings. The van der Waals surface area contributed by atoms with Crippen molar-refractivity contribution in [2.75, 3.05) is 0 Å². The summed E-state index contributed by atoms with van der Waals surface area (Å²) in [6, 6.07) is 7.52. The summed E-state index contributed by atoms with van der Waals surface area (Å²) in [5.41, 5.74) is 3.75. The topological polar surface area (TPSA) is 52.2 Å². The molecule has 1 aromatic carbocycles. The summed E-state index contributed by atoms with van der Waals surface area (Å²) >= 11 is 3.39. The van der Waals surface area contributed by atoms with Crippen LogP contribution in [0.15, 0.2) is 38.6 Å². The van der Waals surface area contributed by atoms with Crippen LogP contribution in [0.1, 0.15) is 22.8 Å². The Labute approximate surface area is 142 Å². The van der Waals surface area contributed by atoms with Gasteiger partial charge < -0.3 is 4.57 Å². The average Bonchev–Trinajstić information content (AvgIpc) is 2.75. The Morgan fingerprint density at radius 1 is 1.22 bits per heavy atom. The summed E-state index contributed by atoms with van der Waals surface area (Å²) in [5, 5.41) is 4.90. The lowest BCUT2D eigenvalue weighted by Gasteiger charge is -2.05. The molecular formula is C17H17BrN4O. The second kappa shape index (κ2) is 5.77. The quantitative estimate of drug-likeness (QED) is 0.648. The number of rotatable bonds is 2. The first kappa shape index (κ1) is 15.7. The third kappa shape index (κ3) is 2.74. The second-order valence-corrected chi connectivity index (χ2v) is 6.48. The molecule has 2 aromatic heterocycles. The molecule has 0 fully saturated rings. The Balaban J connectivity index is 2.14. The van der Waals surface area contributed by atoms with E-state index in [0.717, 1.165) is 21.4 Å². The van der Waals surface area contributed by atoms with Gasteiger partial charge in [0.15, 0.2) is 0 Å². The predicted molar refractivity (Wildman–Crippen MR) is 96.3 cm³/mol. The summed E-state index contributed by atoms with van der Waals surface area (Å²) < 4.78 is 4.28. The van der Waals surface area contributed by atoms with E-state index in [9.17, 15) is 4.79 Å². The predicted octanol–water partition coefficient (Wildman–Crippen LogP) is 3.30. The van der Waals surface area contributed by atoms with Gasteiger partial charge in [-0.1, -0.05) is 15.9 Å². The fourth-order valence-corrected chi connectivity index (χ4v) is 2.89. The van der Waals surface area contributed by atoms with Gasteiger partial charge in [-0.05, 0) is 45.0 Å². The molecule has 0 amide bonds. The number of halogens is 1. The normalized spacial score (nSPS) is 11.7. The lowest BCUT2D eigenvalue weighted by molar-refractivity contribution is 0.770. The first-order valence-electron chi connectivity index (χ1n) is 7.24. The van der Waals surface area contributed by atoms with Crippen molar-refractivity contribution in [3.63, 3.8) is 0 Å². The van der Waals surface area contributed by atoms with Gasteiger partial charge >= 0.3 is 0 Å². The van der Waals surface area contributed by atoms with Gasteiger partial charge in [0.25, 0.3) is 5.56 Å². The van der Waals surface area contributed by atoms with Crippen molar-refractivity contribution in [1.82, 2.24) is 14.2 Å². The highest BCUT2D eigenvalue weighted by Crippen LogP contribution is 2.16. The van der Waals surface area contributed by atoms with Gasteiger partial charge in [-0.25, -0.2) is 4.98 Å². The molecule has 0 spiro atoms. The van der Waals surface area contributed by atoms with Gasteiger partial charge in [0.1, 0.15) is 5.82 Å². The third-order valence-electron chi connectivity index (χ3n) is 4.10. The van der Waals surface area contributed by atoms with Crippen molar-refractivity contribution < 1.29 is 0 Å². The molecule has 3 rings (SSSR count). The zero-order chi connectivity index (χ0) is 16.7. The number of hydrogen-bond donors (Lipinski definition) is 0. The summed E-state index contributed by atoms with van der Waals surface area (Å²) in [7, 11) is 2.01. The summed E-state index contributed by atoms with van der Waals surface area (Å²) in [5.74, 6) is 0.561. The number of aryl methyl sites for hydroxylation is 2. The molecule has 0 N–H and O–H groups in total. The third-order valence-corrected chi connectivity index (χ3v) is 4.59. The van der Waals surface area contributed by atoms with Crippen molar-refractivity contribution in [3.8, 4) is 0 Å². The molecule has 0 saturated heterocycles. The Hall–Kier alpha value is -2.21. The fraction of sp³-hybridized carbons (Fsp3) is 0.235. The van der Waals surface area contributed by atoms with E-state index in [1.54, 1.807) is 19.2 Å². The first-order chi connectivity index (χ1) is 10.9. The number of nitrogens with zero attached hydrogens (tertiary/aromatic N) is 4. The number of aromatic nitrogens is 3. The summed E-state index contributed by atoms with van der Waals surface area (Å²) in [6.45, 7) is 5.85. The molecule has 118 valence electrons. The van der Waals surface area contributed by atoms with Crippen LogP contribution in [0.5, 0.6) is 0 Å². The molecule has 0 saturated carbocycles. The van der Waals surface area contributed by atoms with Crippen LogP contribution in [0.3, 0.4) is 0 Å². The maximum atomic E-state index is 12.7. The lowest BCUT2D eigenvalue weighted by Crippen LogP contribution is -2.20. The van der Waals surface area contributed by atoms with Gasteiger partial charge in [-0.3, -0.25) is 4.79 Å². The van der Waals surface area contributed by atoms with Crippen molar-refractivity contribution in [1.29, 1.82) is 0 Å². The van der Waals surface area contributed by atoms with Crippen molar-refractivity contribution in [3.05, 3.63) is 61.9 Å². The number of hydrogen-bond acceptors (Lipinski definition) is 3. The molecule has 0 bridgehead atoms. The molecule has 0 aliphatic heterocycles. The molecule has 6 heteroatoms. The summed E-state index contributed by atoms with van der Waals surface area (Å²) in [6.07, 6.45) is 1.71. The van der Waals surface area contributed by atoms with E-state index in [1.807, 2.05) is 39.1 Å². The van der Waals surface area contributed by atoms with Crippen molar-refractivity contribution in [2.45, 2.75) is 20.8 Å². The van der Waals surface area contributed by atoms with E-state index < -0.39 is 0 Å². The maximum Gasteiger partial charge on any atom is 0.282 e. The van der Waals surface area contributed by atoms with Crippen molar-refractivity contribution >= 4 is 33.0 Å². The highest BCUT2D eigenvalue weighted by atomic mass is 79.9. The van der Waals surface area contributed by atoms with Crippen LogP contribution in [0.2, 0.25) is 0 Å². The molecule has 0 aliphatic rings. The smallest absolute Gasteiger partial charge is 0.282 e. The van der Waals surface area contributed by atoms with Crippen LogP contribution in [0.25, 0.3) is 10.9 Å². The van der Waals surface area contributed by atoms with Gasteiger partial charge in [0.05, 0.1) is 17.1 Å². The minimum absolute atomic E-state index is 0.171. The first-order valence-corrected chi connectivity index (χ1v) is 8.04. The number of fused-ring (bicyclic) bond motifs is 1. The highest BCUT2D eigenvalue weighted by Gasteiger charge is 2.08. The maximum absolute atomic E-state index is 12.7. The highest BCUT2D eigenvalue weighted by molar-refractivity contribution is 9.10. The average molecular weight is 373 g/mol. The molecule has 23 heavy (non-hydrogen) atoms. The summed E-state index contributed by atoms with van der Waals surface area (Å²) in [4.78, 5) is 17.1. The SMILES string of the molecule is Cc1cc(C=Nn2c(C)nc3ccc(Br)cc3c2=O)c(C)n1C. The fourth-order valence-electron chi connectivity index (χ4n) is 2.53. The van der Waals surface area contributed by atoms with Gasteiger partial charge in [0.2, 0.25) is 0 Å². The van der Waals surface area contributed by atoms with Crippen LogP contribution in [-0.4, -0.2) is 20.4 Å². The van der Waals surface area contributed by atoms with E-state index in [0.29, 0.717) is 16.7 Å². The van der Waals surface area contributed by atoms with Crippen LogP contribution in [0, 0.1) is 20.8 Å². The van der Waals surface area contributed by atoms with E-state index >= 15 is 0 Å². The standard InChI is InChI=1S/C17H17BrN4O/c1-10-7-13(11(2)21(10)4)9-19-22-12(3)20-16-6-5-14(18)8-15(16)17(22)23/h5-9H,1-4H3. The Morgan fingerprint density at radius 3 is 2.61 bits per heavy atom. The monoisotopic (exact) mass is 372 g/mol. The van der Waals surface area contributed by atoms with Gasteiger partial charge in [-0.15, -0.1) is 0 Å². The second-order valence-electron chi connectivity index (χ2n) is 5.57. The van der Waals surface area contributed by atoms with Crippen LogP contribution >= 0.6 is 15.9 Å². The molecule has 0 radical (unpaired) electrons. The minimum atomic E-state index is -0.171. The van der Waals surface area contributed by atoms with E-state index in [-0.39, 0.29) is 5.56 Å². The molecular weight excluding hydrogens is 356 g/mol. The van der Waals surface area contributed by atoms with E-state index in [2.05, 4.69) is 30.6 Å². The zero-order valence-electron chi connectivity index (χ0n) is 13.5.